The lowest BCUT2D eigenvalue weighted by Gasteiger charge is -2.34. The maximum Gasteiger partial charge on any atom is 0.284 e. The van der Waals surface area contributed by atoms with Gasteiger partial charge in [-0.15, -0.1) is 0 Å². The van der Waals surface area contributed by atoms with Gasteiger partial charge in [0.05, 0.1) is 11.6 Å². The molecule has 5 nitrogen and oxygen atoms in total. The van der Waals surface area contributed by atoms with Gasteiger partial charge in [-0.1, -0.05) is 30.3 Å². The number of hydrogen-bond donors (Lipinski definition) is 2. The number of para-hydroxylation sites is 1. The monoisotopic (exact) mass is 378 g/mol. The zero-order valence-corrected chi connectivity index (χ0v) is 16.8. The summed E-state index contributed by atoms with van der Waals surface area (Å²) < 4.78 is 0. The highest BCUT2D eigenvalue weighted by Gasteiger charge is 2.33. The minimum Gasteiger partial charge on any atom is -0.322 e. The highest BCUT2D eigenvalue weighted by atomic mass is 16.2. The van der Waals surface area contributed by atoms with Crippen molar-refractivity contribution in [2.75, 3.05) is 37.6 Å². The summed E-state index contributed by atoms with van der Waals surface area (Å²) in [6, 6.07) is 20.0. The molecule has 1 fully saturated rings. The van der Waals surface area contributed by atoms with Crippen LogP contribution in [0.3, 0.4) is 0 Å². The number of nitriles is 1. The van der Waals surface area contributed by atoms with Gasteiger partial charge in [-0.2, -0.15) is 5.26 Å². The van der Waals surface area contributed by atoms with E-state index in [0.717, 1.165) is 38.4 Å². The lowest BCUT2D eigenvalue weighted by molar-refractivity contribution is -1.02. The van der Waals surface area contributed by atoms with E-state index in [1.54, 1.807) is 4.90 Å². The number of quaternary nitrogens is 2. The second kappa shape index (κ2) is 9.50. The highest BCUT2D eigenvalue weighted by Crippen LogP contribution is 2.13. The van der Waals surface area contributed by atoms with E-state index in [9.17, 15) is 4.79 Å². The fraction of sp³-hybridized carbons (Fsp3) is 0.391. The maximum atomic E-state index is 13.1. The number of likely N-dealkylation sites (N-methyl/N-ethyl adjacent to an activating group) is 1. The second-order valence-corrected chi connectivity index (χ2v) is 7.53. The Morgan fingerprint density at radius 2 is 1.71 bits per heavy atom. The van der Waals surface area contributed by atoms with Crippen molar-refractivity contribution in [3.63, 3.8) is 0 Å². The SMILES string of the molecule is CCN(C(=O)[C@H](C)[NH+]1CC[NH+](Cc2ccc(C#N)cc2)CC1)c1ccccc1. The first-order valence-corrected chi connectivity index (χ1v) is 10.2. The fourth-order valence-corrected chi connectivity index (χ4v) is 4.00. The number of rotatable bonds is 6. The number of nitrogens with one attached hydrogen (secondary N) is 2. The fourth-order valence-electron chi connectivity index (χ4n) is 4.00. The summed E-state index contributed by atoms with van der Waals surface area (Å²) in [6.45, 7) is 9.90. The first kappa shape index (κ1) is 20.1. The quantitative estimate of drug-likeness (QED) is 0.759. The Morgan fingerprint density at radius 1 is 1.07 bits per heavy atom. The van der Waals surface area contributed by atoms with Crippen LogP contribution in [-0.4, -0.2) is 44.7 Å². The van der Waals surface area contributed by atoms with Gasteiger partial charge in [-0.25, -0.2) is 0 Å². The summed E-state index contributed by atoms with van der Waals surface area (Å²) in [6.07, 6.45) is 0. The van der Waals surface area contributed by atoms with E-state index < -0.39 is 0 Å². The Balaban J connectivity index is 1.54. The molecule has 2 aromatic carbocycles. The first-order valence-electron chi connectivity index (χ1n) is 10.2. The van der Waals surface area contributed by atoms with Gasteiger partial charge in [-0.05, 0) is 38.1 Å². The van der Waals surface area contributed by atoms with Gasteiger partial charge >= 0.3 is 0 Å². The third kappa shape index (κ3) is 4.78. The van der Waals surface area contributed by atoms with Crippen molar-refractivity contribution in [2.45, 2.75) is 26.4 Å². The van der Waals surface area contributed by atoms with Gasteiger partial charge in [0, 0.05) is 17.8 Å². The molecule has 1 saturated heterocycles. The van der Waals surface area contributed by atoms with Crippen molar-refractivity contribution in [2.24, 2.45) is 0 Å². The van der Waals surface area contributed by atoms with Gasteiger partial charge in [0.15, 0.2) is 6.04 Å². The van der Waals surface area contributed by atoms with E-state index in [2.05, 4.69) is 25.1 Å². The largest absolute Gasteiger partial charge is 0.322 e. The molecule has 0 unspecified atom stereocenters. The maximum absolute atomic E-state index is 13.1. The molecular formula is C23H30N4O+2. The average molecular weight is 379 g/mol. The Kier molecular flexibility index (Phi) is 6.80. The predicted octanol–water partition coefficient (Wildman–Crippen LogP) is 0.283. The Bertz CT molecular complexity index is 805. The van der Waals surface area contributed by atoms with Gasteiger partial charge in [0.2, 0.25) is 0 Å². The topological polar surface area (TPSA) is 53.0 Å². The molecule has 1 aliphatic rings. The molecule has 5 heteroatoms. The minimum atomic E-state index is -0.0309. The molecule has 0 bridgehead atoms. The van der Waals surface area contributed by atoms with Crippen LogP contribution in [0.1, 0.15) is 25.0 Å². The predicted molar refractivity (Wildman–Crippen MR) is 110 cm³/mol. The molecule has 3 rings (SSSR count). The number of piperazine rings is 1. The summed E-state index contributed by atoms with van der Waals surface area (Å²) in [5.41, 5.74) is 2.95. The van der Waals surface area contributed by atoms with E-state index in [1.165, 1.54) is 10.5 Å². The number of anilines is 1. The Morgan fingerprint density at radius 3 is 2.29 bits per heavy atom. The molecule has 2 aromatic rings. The standard InChI is InChI=1S/C23H28N4O/c1-3-27(22-7-5-4-6-8-22)23(28)19(2)26-15-13-25(14-16-26)18-21-11-9-20(17-24)10-12-21/h4-12,19H,3,13-16,18H2,1-2H3/p+2/t19-/m0/s1. The Hall–Kier alpha value is -2.68. The summed E-state index contributed by atoms with van der Waals surface area (Å²) in [5, 5.41) is 8.92. The summed E-state index contributed by atoms with van der Waals surface area (Å²) in [5.74, 6) is 0.208. The van der Waals surface area contributed by atoms with Crippen LogP contribution in [0.15, 0.2) is 54.6 Å². The van der Waals surface area contributed by atoms with E-state index in [-0.39, 0.29) is 11.9 Å². The van der Waals surface area contributed by atoms with E-state index >= 15 is 0 Å². The molecular weight excluding hydrogens is 348 g/mol. The zero-order chi connectivity index (χ0) is 19.9. The van der Waals surface area contributed by atoms with Gasteiger partial charge in [0.1, 0.15) is 32.7 Å². The normalized spacial score (nSPS) is 20.2. The minimum absolute atomic E-state index is 0.0309. The third-order valence-corrected chi connectivity index (χ3v) is 5.77. The summed E-state index contributed by atoms with van der Waals surface area (Å²) in [7, 11) is 0. The van der Waals surface area contributed by atoms with Gasteiger partial charge in [0.25, 0.3) is 5.91 Å². The second-order valence-electron chi connectivity index (χ2n) is 7.53. The van der Waals surface area contributed by atoms with Crippen LogP contribution in [0, 0.1) is 11.3 Å². The molecule has 1 aliphatic heterocycles. The van der Waals surface area contributed by atoms with Crippen molar-refractivity contribution >= 4 is 11.6 Å². The van der Waals surface area contributed by atoms with Crippen LogP contribution in [-0.2, 0) is 11.3 Å². The zero-order valence-electron chi connectivity index (χ0n) is 16.8. The van der Waals surface area contributed by atoms with Crippen molar-refractivity contribution < 1.29 is 14.6 Å². The van der Waals surface area contributed by atoms with Crippen LogP contribution in [0.5, 0.6) is 0 Å². The number of hydrogen-bond acceptors (Lipinski definition) is 2. The van der Waals surface area contributed by atoms with E-state index in [0.29, 0.717) is 12.1 Å². The third-order valence-electron chi connectivity index (χ3n) is 5.77. The molecule has 0 spiro atoms. The molecule has 0 saturated carbocycles. The van der Waals surface area contributed by atoms with Gasteiger partial charge < -0.3 is 14.7 Å². The number of nitrogens with zero attached hydrogens (tertiary/aromatic N) is 2. The molecule has 2 N–H and O–H groups in total. The lowest BCUT2D eigenvalue weighted by Crippen LogP contribution is -3.29. The van der Waals surface area contributed by atoms with E-state index in [4.69, 9.17) is 5.26 Å². The molecule has 1 atom stereocenters. The number of benzene rings is 2. The van der Waals surface area contributed by atoms with Crippen molar-refractivity contribution in [1.29, 1.82) is 5.26 Å². The van der Waals surface area contributed by atoms with Gasteiger partial charge in [-0.3, -0.25) is 4.79 Å². The molecule has 146 valence electrons. The van der Waals surface area contributed by atoms with Crippen LogP contribution >= 0.6 is 0 Å². The molecule has 0 radical (unpaired) electrons. The van der Waals surface area contributed by atoms with Crippen LogP contribution in [0.4, 0.5) is 5.69 Å². The molecule has 0 aliphatic carbocycles. The van der Waals surface area contributed by atoms with Crippen LogP contribution in [0.25, 0.3) is 0 Å². The van der Waals surface area contributed by atoms with Crippen molar-refractivity contribution in [3.05, 3.63) is 65.7 Å². The van der Waals surface area contributed by atoms with Crippen molar-refractivity contribution in [1.82, 2.24) is 0 Å². The molecule has 1 amide bonds. The number of carbonyl (C=O) groups excluding carboxylic acids is 1. The first-order chi connectivity index (χ1) is 13.6. The van der Waals surface area contributed by atoms with Crippen molar-refractivity contribution in [3.8, 4) is 6.07 Å². The highest BCUT2D eigenvalue weighted by molar-refractivity contribution is 5.96. The number of carbonyl (C=O) groups is 1. The van der Waals surface area contributed by atoms with Crippen LogP contribution in [0.2, 0.25) is 0 Å². The van der Waals surface area contributed by atoms with E-state index in [1.807, 2.05) is 54.3 Å². The molecule has 28 heavy (non-hydrogen) atoms. The summed E-state index contributed by atoms with van der Waals surface area (Å²) >= 11 is 0. The number of amides is 1. The summed E-state index contributed by atoms with van der Waals surface area (Å²) in [4.78, 5) is 17.9. The molecule has 1 heterocycles. The smallest absolute Gasteiger partial charge is 0.284 e. The molecule has 0 aromatic heterocycles. The van der Waals surface area contributed by atoms with Crippen LogP contribution < -0.4 is 14.7 Å². The Labute approximate surface area is 167 Å². The lowest BCUT2D eigenvalue weighted by atomic mass is 10.1. The average Bonchev–Trinajstić information content (AvgIpc) is 2.75.